The number of nitrogens with zero attached hydrogens (tertiary/aromatic N) is 1. The summed E-state index contributed by atoms with van der Waals surface area (Å²) in [7, 11) is 0. The molecule has 1 amide bonds. The van der Waals surface area contributed by atoms with Crippen LogP contribution >= 0.6 is 11.3 Å². The van der Waals surface area contributed by atoms with Crippen LogP contribution in [0.2, 0.25) is 0 Å². The van der Waals surface area contributed by atoms with Crippen LogP contribution in [0.15, 0.2) is 35.8 Å². The second kappa shape index (κ2) is 5.00. The minimum absolute atomic E-state index is 0.0172. The molecule has 0 atom stereocenters. The Morgan fingerprint density at radius 1 is 1.38 bits per heavy atom. The van der Waals surface area contributed by atoms with Gasteiger partial charge < -0.3 is 10.3 Å². The van der Waals surface area contributed by atoms with E-state index < -0.39 is 0 Å². The van der Waals surface area contributed by atoms with Gasteiger partial charge in [0, 0.05) is 28.4 Å². The normalized spacial score (nSPS) is 14.5. The minimum atomic E-state index is -0.0172. The number of thiazole rings is 1. The van der Waals surface area contributed by atoms with Gasteiger partial charge in [0.05, 0.1) is 12.1 Å². The van der Waals surface area contributed by atoms with Crippen LogP contribution in [0.5, 0.6) is 0 Å². The molecule has 0 aliphatic heterocycles. The van der Waals surface area contributed by atoms with Gasteiger partial charge >= 0.3 is 0 Å². The summed E-state index contributed by atoms with van der Waals surface area (Å²) in [6, 6.07) is 8.01. The van der Waals surface area contributed by atoms with Gasteiger partial charge in [0.25, 0.3) is 0 Å². The van der Waals surface area contributed by atoms with Crippen LogP contribution in [0.3, 0.4) is 0 Å². The van der Waals surface area contributed by atoms with E-state index >= 15 is 0 Å². The highest BCUT2D eigenvalue weighted by Gasteiger charge is 2.26. The maximum atomic E-state index is 12.2. The predicted molar refractivity (Wildman–Crippen MR) is 84.7 cm³/mol. The van der Waals surface area contributed by atoms with Gasteiger partial charge in [-0.25, -0.2) is 4.98 Å². The van der Waals surface area contributed by atoms with Crippen LogP contribution < -0.4 is 5.32 Å². The van der Waals surface area contributed by atoms with Crippen molar-refractivity contribution < 1.29 is 4.79 Å². The molecule has 4 rings (SSSR count). The lowest BCUT2D eigenvalue weighted by Gasteiger charge is -2.01. The van der Waals surface area contributed by atoms with E-state index in [-0.39, 0.29) is 5.91 Å². The summed E-state index contributed by atoms with van der Waals surface area (Å²) < 4.78 is 0. The van der Waals surface area contributed by atoms with E-state index in [0.29, 0.717) is 17.5 Å². The molecule has 0 unspecified atom stereocenters. The Morgan fingerprint density at radius 2 is 2.24 bits per heavy atom. The Balaban J connectivity index is 1.47. The van der Waals surface area contributed by atoms with Crippen molar-refractivity contribution in [2.45, 2.75) is 25.2 Å². The van der Waals surface area contributed by atoms with Crippen molar-refractivity contribution in [3.8, 4) is 0 Å². The van der Waals surface area contributed by atoms with Gasteiger partial charge in [0.2, 0.25) is 5.91 Å². The molecule has 0 saturated heterocycles. The molecule has 3 aromatic rings. The molecule has 1 fully saturated rings. The molecule has 2 aromatic heterocycles. The number of amides is 1. The second-order valence-electron chi connectivity index (χ2n) is 5.44. The Bertz CT molecular complexity index is 801. The Labute approximate surface area is 126 Å². The number of para-hydroxylation sites is 1. The molecule has 21 heavy (non-hydrogen) atoms. The first kappa shape index (κ1) is 12.6. The van der Waals surface area contributed by atoms with Crippen molar-refractivity contribution in [3.05, 3.63) is 47.1 Å². The van der Waals surface area contributed by atoms with Crippen molar-refractivity contribution in [1.82, 2.24) is 9.97 Å². The molecule has 2 N–H and O–H groups in total. The van der Waals surface area contributed by atoms with E-state index in [9.17, 15) is 4.79 Å². The van der Waals surface area contributed by atoms with E-state index in [1.54, 1.807) is 0 Å². The van der Waals surface area contributed by atoms with Gasteiger partial charge in [-0.05, 0) is 24.5 Å². The Hall–Kier alpha value is -2.14. The van der Waals surface area contributed by atoms with Gasteiger partial charge in [-0.2, -0.15) is 0 Å². The minimum Gasteiger partial charge on any atom is -0.361 e. The summed E-state index contributed by atoms with van der Waals surface area (Å²) in [4.78, 5) is 19.8. The van der Waals surface area contributed by atoms with E-state index in [0.717, 1.165) is 22.2 Å². The highest BCUT2D eigenvalue weighted by molar-refractivity contribution is 7.13. The molecule has 1 aromatic carbocycles. The number of nitrogens with one attached hydrogen (secondary N) is 2. The number of hydrogen-bond donors (Lipinski definition) is 2. The topological polar surface area (TPSA) is 57.8 Å². The molecule has 4 nitrogen and oxygen atoms in total. The zero-order valence-corrected chi connectivity index (χ0v) is 12.2. The van der Waals surface area contributed by atoms with Crippen molar-refractivity contribution in [1.29, 1.82) is 0 Å². The summed E-state index contributed by atoms with van der Waals surface area (Å²) in [5.74, 6) is 0.608. The number of anilines is 1. The van der Waals surface area contributed by atoms with Crippen molar-refractivity contribution >= 4 is 33.3 Å². The molecule has 1 saturated carbocycles. The average molecular weight is 297 g/mol. The second-order valence-corrected chi connectivity index (χ2v) is 6.29. The quantitative estimate of drug-likeness (QED) is 0.771. The molecule has 1 aliphatic carbocycles. The maximum Gasteiger partial charge on any atom is 0.230 e. The zero-order chi connectivity index (χ0) is 14.2. The smallest absolute Gasteiger partial charge is 0.230 e. The molecule has 0 radical (unpaired) electrons. The first-order chi connectivity index (χ1) is 10.3. The average Bonchev–Trinajstić information content (AvgIpc) is 3.12. The summed E-state index contributed by atoms with van der Waals surface area (Å²) in [6.45, 7) is 0. The fraction of sp³-hybridized carbons (Fsp3) is 0.250. The highest BCUT2D eigenvalue weighted by Crippen LogP contribution is 2.40. The van der Waals surface area contributed by atoms with Gasteiger partial charge in [-0.1, -0.05) is 18.2 Å². The number of aromatic nitrogens is 2. The molecular weight excluding hydrogens is 282 g/mol. The number of hydrogen-bond acceptors (Lipinski definition) is 3. The molecular formula is C16H15N3OS. The lowest BCUT2D eigenvalue weighted by molar-refractivity contribution is -0.115. The molecule has 5 heteroatoms. The number of carbonyl (C=O) groups is 1. The van der Waals surface area contributed by atoms with E-state index in [2.05, 4.69) is 20.7 Å². The van der Waals surface area contributed by atoms with Crippen LogP contribution in [0.4, 0.5) is 5.13 Å². The van der Waals surface area contributed by atoms with Crippen molar-refractivity contribution in [2.24, 2.45) is 0 Å². The lowest BCUT2D eigenvalue weighted by Crippen LogP contribution is -2.14. The first-order valence-corrected chi connectivity index (χ1v) is 7.98. The van der Waals surface area contributed by atoms with Gasteiger partial charge in [0.1, 0.15) is 0 Å². The number of fused-ring (bicyclic) bond motifs is 1. The van der Waals surface area contributed by atoms with Crippen molar-refractivity contribution in [2.75, 3.05) is 5.32 Å². The molecule has 0 bridgehead atoms. The number of H-pyrrole nitrogens is 1. The van der Waals surface area contributed by atoms with Crippen LogP contribution in [0.1, 0.15) is 30.0 Å². The third-order valence-corrected chi connectivity index (χ3v) is 4.57. The first-order valence-electron chi connectivity index (χ1n) is 7.10. The van der Waals surface area contributed by atoms with E-state index in [4.69, 9.17) is 0 Å². The van der Waals surface area contributed by atoms with E-state index in [1.807, 2.05) is 30.5 Å². The summed E-state index contributed by atoms with van der Waals surface area (Å²) >= 11 is 1.51. The largest absolute Gasteiger partial charge is 0.361 e. The van der Waals surface area contributed by atoms with Gasteiger partial charge in [-0.15, -0.1) is 11.3 Å². The molecule has 1 aliphatic rings. The maximum absolute atomic E-state index is 12.2. The van der Waals surface area contributed by atoms with Gasteiger partial charge in [0.15, 0.2) is 5.13 Å². The number of carbonyl (C=O) groups excluding carboxylic acids is 1. The van der Waals surface area contributed by atoms with Crippen LogP contribution in [0, 0.1) is 0 Å². The summed E-state index contributed by atoms with van der Waals surface area (Å²) in [5.41, 5.74) is 3.20. The standard InChI is InChI=1S/C16H15N3OS/c20-15(19-16-18-14(9-21-16)10-5-6-10)7-11-8-17-13-4-2-1-3-12(11)13/h1-4,8-10,17H,5-7H2,(H,18,19,20). The Kier molecular flexibility index (Phi) is 3.00. The summed E-state index contributed by atoms with van der Waals surface area (Å²) in [6.07, 6.45) is 4.73. The number of aromatic amines is 1. The fourth-order valence-electron chi connectivity index (χ4n) is 2.52. The van der Waals surface area contributed by atoms with E-state index in [1.165, 1.54) is 24.2 Å². The van der Waals surface area contributed by atoms with Crippen LogP contribution in [-0.4, -0.2) is 15.9 Å². The predicted octanol–water partition coefficient (Wildman–Crippen LogP) is 3.68. The summed E-state index contributed by atoms with van der Waals surface area (Å²) in [5, 5.41) is 6.77. The SMILES string of the molecule is O=C(Cc1c[nH]c2ccccc12)Nc1nc(C2CC2)cs1. The molecule has 0 spiro atoms. The highest BCUT2D eigenvalue weighted by atomic mass is 32.1. The van der Waals surface area contributed by atoms with Crippen LogP contribution in [-0.2, 0) is 11.2 Å². The van der Waals surface area contributed by atoms with Crippen LogP contribution in [0.25, 0.3) is 10.9 Å². The number of rotatable bonds is 4. The number of benzene rings is 1. The zero-order valence-electron chi connectivity index (χ0n) is 11.4. The Morgan fingerprint density at radius 3 is 3.10 bits per heavy atom. The third kappa shape index (κ3) is 2.56. The van der Waals surface area contributed by atoms with Crippen molar-refractivity contribution in [3.63, 3.8) is 0 Å². The van der Waals surface area contributed by atoms with Gasteiger partial charge in [-0.3, -0.25) is 4.79 Å². The molecule has 106 valence electrons. The molecule has 2 heterocycles. The monoisotopic (exact) mass is 297 g/mol. The lowest BCUT2D eigenvalue weighted by atomic mass is 10.1. The third-order valence-electron chi connectivity index (χ3n) is 3.79. The fourth-order valence-corrected chi connectivity index (χ4v) is 3.33.